The van der Waals surface area contributed by atoms with E-state index >= 15 is 0 Å². The maximum Gasteiger partial charge on any atom is 0.304 e. The van der Waals surface area contributed by atoms with Gasteiger partial charge in [-0.1, -0.05) is 24.3 Å². The summed E-state index contributed by atoms with van der Waals surface area (Å²) in [5.74, 6) is 1.43. The first-order chi connectivity index (χ1) is 14.2. The average Bonchev–Trinajstić information content (AvgIpc) is 3.32. The van der Waals surface area contributed by atoms with E-state index in [-0.39, 0.29) is 12.3 Å². The predicted molar refractivity (Wildman–Crippen MR) is 111 cm³/mol. The van der Waals surface area contributed by atoms with Crippen LogP contribution in [-0.2, 0) is 11.2 Å². The summed E-state index contributed by atoms with van der Waals surface area (Å²) in [5, 5.41) is 9.08. The van der Waals surface area contributed by atoms with E-state index in [0.717, 1.165) is 36.6 Å². The first kappa shape index (κ1) is 18.3. The number of benzene rings is 2. The summed E-state index contributed by atoms with van der Waals surface area (Å²) >= 11 is 0. The highest BCUT2D eigenvalue weighted by Gasteiger charge is 2.30. The van der Waals surface area contributed by atoms with Crippen LogP contribution in [0.4, 0.5) is 5.69 Å². The number of carbonyl (C=O) groups is 1. The molecule has 5 heteroatoms. The molecule has 0 radical (unpaired) electrons. The topological polar surface area (TPSA) is 59.0 Å². The Morgan fingerprint density at radius 2 is 1.83 bits per heavy atom. The number of nitrogens with zero attached hydrogens (tertiary/aromatic N) is 1. The normalized spacial score (nSPS) is 22.6. The molecule has 2 aromatic rings. The van der Waals surface area contributed by atoms with Crippen LogP contribution in [0.2, 0.25) is 0 Å². The number of anilines is 1. The molecule has 1 N–H and O–H groups in total. The molecule has 3 aliphatic heterocycles. The Hall–Kier alpha value is -2.69. The summed E-state index contributed by atoms with van der Waals surface area (Å²) < 4.78 is 12.0. The minimum atomic E-state index is -0.778. The van der Waals surface area contributed by atoms with Crippen LogP contribution in [0.15, 0.2) is 36.4 Å². The number of aliphatic carboxylic acids is 1. The third kappa shape index (κ3) is 3.54. The summed E-state index contributed by atoms with van der Waals surface area (Å²) in [6, 6.07) is 12.8. The zero-order chi connectivity index (χ0) is 19.8. The van der Waals surface area contributed by atoms with E-state index in [0.29, 0.717) is 19.1 Å². The molecule has 5 rings (SSSR count). The van der Waals surface area contributed by atoms with Crippen LogP contribution in [0.1, 0.15) is 54.2 Å². The minimum Gasteiger partial charge on any atom is -0.493 e. The summed E-state index contributed by atoms with van der Waals surface area (Å²) in [4.78, 5) is 13.5. The average molecular weight is 393 g/mol. The second-order valence-corrected chi connectivity index (χ2v) is 8.43. The maximum absolute atomic E-state index is 11.0. The molecule has 0 bridgehead atoms. The van der Waals surface area contributed by atoms with E-state index in [9.17, 15) is 4.79 Å². The summed E-state index contributed by atoms with van der Waals surface area (Å²) in [6.07, 6.45) is 4.85. The number of carboxylic acids is 1. The lowest BCUT2D eigenvalue weighted by Crippen LogP contribution is -2.29. The number of piperidine rings is 1. The Bertz CT molecular complexity index is 919. The van der Waals surface area contributed by atoms with E-state index in [1.807, 2.05) is 6.07 Å². The van der Waals surface area contributed by atoms with Gasteiger partial charge in [0.2, 0.25) is 0 Å². The van der Waals surface area contributed by atoms with Crippen molar-refractivity contribution in [3.63, 3.8) is 0 Å². The van der Waals surface area contributed by atoms with Crippen molar-refractivity contribution >= 4 is 11.7 Å². The van der Waals surface area contributed by atoms with Crippen molar-refractivity contribution in [1.29, 1.82) is 0 Å². The van der Waals surface area contributed by atoms with Gasteiger partial charge < -0.3 is 19.5 Å². The lowest BCUT2D eigenvalue weighted by molar-refractivity contribution is -0.137. The Kier molecular flexibility index (Phi) is 4.82. The molecule has 0 aliphatic carbocycles. The first-order valence-electron chi connectivity index (χ1n) is 10.7. The third-order valence-electron chi connectivity index (χ3n) is 6.45. The largest absolute Gasteiger partial charge is 0.493 e. The molecule has 3 heterocycles. The number of rotatable bonds is 5. The minimum absolute atomic E-state index is 0.0424. The maximum atomic E-state index is 11.0. The lowest BCUT2D eigenvalue weighted by atomic mass is 9.91. The van der Waals surface area contributed by atoms with Gasteiger partial charge >= 0.3 is 5.97 Å². The van der Waals surface area contributed by atoms with Crippen LogP contribution in [0.5, 0.6) is 11.5 Å². The number of carboxylic acid groups (broad SMARTS) is 1. The SMILES string of the molecule is O=C(O)C[C@@H]1COc2cc(C[C@@H]3COc4c3cccc4N3CCCCC3)ccc21. The van der Waals surface area contributed by atoms with Gasteiger partial charge in [0.1, 0.15) is 11.5 Å². The van der Waals surface area contributed by atoms with E-state index in [4.69, 9.17) is 14.6 Å². The van der Waals surface area contributed by atoms with Gasteiger partial charge in [-0.3, -0.25) is 4.79 Å². The highest BCUT2D eigenvalue weighted by atomic mass is 16.5. The van der Waals surface area contributed by atoms with Crippen LogP contribution in [0.25, 0.3) is 0 Å². The fourth-order valence-corrected chi connectivity index (χ4v) is 4.96. The number of hydrogen-bond acceptors (Lipinski definition) is 4. The van der Waals surface area contributed by atoms with Crippen LogP contribution < -0.4 is 14.4 Å². The first-order valence-corrected chi connectivity index (χ1v) is 10.7. The zero-order valence-corrected chi connectivity index (χ0v) is 16.6. The monoisotopic (exact) mass is 393 g/mol. The molecule has 152 valence electrons. The second-order valence-electron chi connectivity index (χ2n) is 8.43. The summed E-state index contributed by atoms with van der Waals surface area (Å²) in [7, 11) is 0. The highest BCUT2D eigenvalue weighted by molar-refractivity contribution is 5.69. The molecule has 5 nitrogen and oxygen atoms in total. The lowest BCUT2D eigenvalue weighted by Gasteiger charge is -2.30. The van der Waals surface area contributed by atoms with E-state index in [2.05, 4.69) is 35.2 Å². The van der Waals surface area contributed by atoms with Crippen LogP contribution >= 0.6 is 0 Å². The van der Waals surface area contributed by atoms with Crippen LogP contribution in [-0.4, -0.2) is 37.4 Å². The van der Waals surface area contributed by atoms with Gasteiger partial charge in [0.25, 0.3) is 0 Å². The number of para-hydroxylation sites is 1. The zero-order valence-electron chi connectivity index (χ0n) is 16.6. The molecule has 1 saturated heterocycles. The highest BCUT2D eigenvalue weighted by Crippen LogP contribution is 2.44. The quantitative estimate of drug-likeness (QED) is 0.819. The van der Waals surface area contributed by atoms with Gasteiger partial charge in [-0.2, -0.15) is 0 Å². The molecule has 2 atom stereocenters. The van der Waals surface area contributed by atoms with Gasteiger partial charge in [-0.05, 0) is 43.4 Å². The van der Waals surface area contributed by atoms with E-state index < -0.39 is 5.97 Å². The fourth-order valence-electron chi connectivity index (χ4n) is 4.96. The predicted octanol–water partition coefficient (Wildman–Crippen LogP) is 4.35. The molecule has 0 saturated carbocycles. The summed E-state index contributed by atoms with van der Waals surface area (Å²) in [6.45, 7) is 3.40. The fraction of sp³-hybridized carbons (Fsp3) is 0.458. The molecule has 0 aromatic heterocycles. The number of ether oxygens (including phenoxy) is 2. The Morgan fingerprint density at radius 1 is 1.00 bits per heavy atom. The molecular weight excluding hydrogens is 366 g/mol. The van der Waals surface area contributed by atoms with Crippen molar-refractivity contribution in [2.24, 2.45) is 0 Å². The molecule has 0 amide bonds. The van der Waals surface area contributed by atoms with Gasteiger partial charge in [-0.25, -0.2) is 0 Å². The van der Waals surface area contributed by atoms with Crippen molar-refractivity contribution < 1.29 is 19.4 Å². The molecule has 1 fully saturated rings. The molecule has 0 spiro atoms. The third-order valence-corrected chi connectivity index (χ3v) is 6.45. The van der Waals surface area contributed by atoms with Crippen molar-refractivity contribution in [2.75, 3.05) is 31.2 Å². The number of hydrogen-bond donors (Lipinski definition) is 1. The van der Waals surface area contributed by atoms with E-state index in [1.165, 1.54) is 36.1 Å². The molecule has 0 unspecified atom stereocenters. The van der Waals surface area contributed by atoms with E-state index in [1.54, 1.807) is 0 Å². The Balaban J connectivity index is 1.34. The molecule has 3 aliphatic rings. The standard InChI is InChI=1S/C24H27NO4/c26-23(27)13-18-14-28-22-12-16(7-8-19(18)22)11-17-15-29-24-20(17)5-4-6-21(24)25-9-2-1-3-10-25/h4-8,12,17-18H,1-3,9-11,13-15H2,(H,26,27)/t17-,18-/m1/s1. The van der Waals surface area contributed by atoms with Crippen molar-refractivity contribution in [1.82, 2.24) is 0 Å². The van der Waals surface area contributed by atoms with Crippen molar-refractivity contribution in [3.8, 4) is 11.5 Å². The van der Waals surface area contributed by atoms with Gasteiger partial charge in [-0.15, -0.1) is 0 Å². The molecule has 2 aromatic carbocycles. The van der Waals surface area contributed by atoms with Crippen LogP contribution in [0, 0.1) is 0 Å². The molecular formula is C24H27NO4. The van der Waals surface area contributed by atoms with Crippen molar-refractivity contribution in [2.45, 2.75) is 43.9 Å². The van der Waals surface area contributed by atoms with Crippen LogP contribution in [0.3, 0.4) is 0 Å². The Labute approximate surface area is 171 Å². The Morgan fingerprint density at radius 3 is 2.66 bits per heavy atom. The van der Waals surface area contributed by atoms with Gasteiger partial charge in [0.15, 0.2) is 0 Å². The van der Waals surface area contributed by atoms with Crippen molar-refractivity contribution in [3.05, 3.63) is 53.1 Å². The van der Waals surface area contributed by atoms with Gasteiger partial charge in [0.05, 0.1) is 25.3 Å². The molecule has 29 heavy (non-hydrogen) atoms. The second kappa shape index (κ2) is 7.62. The summed E-state index contributed by atoms with van der Waals surface area (Å²) in [5.41, 5.74) is 4.79. The number of fused-ring (bicyclic) bond motifs is 2. The smallest absolute Gasteiger partial charge is 0.304 e. The van der Waals surface area contributed by atoms with Gasteiger partial charge in [0, 0.05) is 36.1 Å².